The lowest BCUT2D eigenvalue weighted by Crippen LogP contribution is -2.08. The molecule has 0 aliphatic carbocycles. The molecule has 0 atom stereocenters. The fourth-order valence-electron chi connectivity index (χ4n) is 1.82. The van der Waals surface area contributed by atoms with Gasteiger partial charge in [0.15, 0.2) is 11.6 Å². The van der Waals surface area contributed by atoms with Crippen LogP contribution in [0.15, 0.2) is 42.5 Å². The zero-order chi connectivity index (χ0) is 14.5. The molecule has 0 spiro atoms. The molecule has 20 heavy (non-hydrogen) atoms. The molecular weight excluding hydrogens is 279 g/mol. The summed E-state index contributed by atoms with van der Waals surface area (Å²) in [6.45, 7) is 2.48. The summed E-state index contributed by atoms with van der Waals surface area (Å²) in [5.41, 5.74) is 0.284. The highest BCUT2D eigenvalue weighted by atomic mass is 35.5. The normalized spacial score (nSPS) is 10.3. The molecule has 104 valence electrons. The fourth-order valence-corrected chi connectivity index (χ4v) is 1.99. The van der Waals surface area contributed by atoms with Gasteiger partial charge in [0.25, 0.3) is 0 Å². The number of rotatable bonds is 5. The van der Waals surface area contributed by atoms with E-state index in [1.54, 1.807) is 30.3 Å². The summed E-state index contributed by atoms with van der Waals surface area (Å²) in [6, 6.07) is 11.2. The van der Waals surface area contributed by atoms with Crippen molar-refractivity contribution in [1.29, 1.82) is 0 Å². The van der Waals surface area contributed by atoms with E-state index in [0.717, 1.165) is 6.42 Å². The second-order valence-electron chi connectivity index (χ2n) is 4.28. The van der Waals surface area contributed by atoms with Crippen molar-refractivity contribution in [2.24, 2.45) is 0 Å². The highest BCUT2D eigenvalue weighted by Crippen LogP contribution is 2.25. The van der Waals surface area contributed by atoms with E-state index in [1.807, 2.05) is 6.92 Å². The zero-order valence-electron chi connectivity index (χ0n) is 11.0. The third kappa shape index (κ3) is 2.99. The Morgan fingerprint density at radius 1 is 1.15 bits per heavy atom. The monoisotopic (exact) mass is 292 g/mol. The summed E-state index contributed by atoms with van der Waals surface area (Å²) in [5.74, 6) is -0.681. The van der Waals surface area contributed by atoms with Gasteiger partial charge in [0, 0.05) is 0 Å². The lowest BCUT2D eigenvalue weighted by atomic mass is 10.0. The van der Waals surface area contributed by atoms with Crippen molar-refractivity contribution in [2.75, 3.05) is 6.61 Å². The van der Waals surface area contributed by atoms with Crippen LogP contribution < -0.4 is 4.74 Å². The molecule has 0 bridgehead atoms. The summed E-state index contributed by atoms with van der Waals surface area (Å²) in [7, 11) is 0. The van der Waals surface area contributed by atoms with Gasteiger partial charge in [-0.05, 0) is 30.7 Å². The van der Waals surface area contributed by atoms with Crippen LogP contribution in [0.1, 0.15) is 29.3 Å². The highest BCUT2D eigenvalue weighted by molar-refractivity contribution is 6.31. The molecule has 2 nitrogen and oxygen atoms in total. The van der Waals surface area contributed by atoms with Gasteiger partial charge in [0.1, 0.15) is 5.75 Å². The van der Waals surface area contributed by atoms with E-state index < -0.39 is 11.6 Å². The van der Waals surface area contributed by atoms with Crippen LogP contribution in [-0.2, 0) is 0 Å². The van der Waals surface area contributed by atoms with Crippen LogP contribution in [0.2, 0.25) is 5.02 Å². The van der Waals surface area contributed by atoms with E-state index in [0.29, 0.717) is 17.9 Å². The maximum atomic E-state index is 13.9. The Morgan fingerprint density at radius 3 is 2.60 bits per heavy atom. The summed E-state index contributed by atoms with van der Waals surface area (Å²) in [4.78, 5) is 12.4. The molecule has 0 fully saturated rings. The third-order valence-electron chi connectivity index (χ3n) is 2.79. The topological polar surface area (TPSA) is 26.3 Å². The van der Waals surface area contributed by atoms with Crippen molar-refractivity contribution >= 4 is 17.4 Å². The molecule has 2 rings (SSSR count). The van der Waals surface area contributed by atoms with Gasteiger partial charge in [0.05, 0.1) is 22.8 Å². The summed E-state index contributed by atoms with van der Waals surface area (Å²) >= 11 is 5.71. The molecule has 0 aromatic heterocycles. The SMILES string of the molecule is CCCOc1ccccc1C(=O)c1cccc(Cl)c1F. The first-order valence-electron chi connectivity index (χ1n) is 6.35. The molecule has 0 radical (unpaired) electrons. The van der Waals surface area contributed by atoms with Gasteiger partial charge >= 0.3 is 0 Å². The Morgan fingerprint density at radius 2 is 1.85 bits per heavy atom. The summed E-state index contributed by atoms with van der Waals surface area (Å²) in [6.07, 6.45) is 0.827. The van der Waals surface area contributed by atoms with E-state index in [2.05, 4.69) is 0 Å². The van der Waals surface area contributed by atoms with Crippen LogP contribution in [0.4, 0.5) is 4.39 Å². The van der Waals surface area contributed by atoms with Gasteiger partial charge in [-0.15, -0.1) is 0 Å². The number of hydrogen-bond acceptors (Lipinski definition) is 2. The molecule has 4 heteroatoms. The third-order valence-corrected chi connectivity index (χ3v) is 3.08. The minimum atomic E-state index is -0.704. The van der Waals surface area contributed by atoms with Gasteiger partial charge in [-0.25, -0.2) is 4.39 Å². The number of benzene rings is 2. The van der Waals surface area contributed by atoms with E-state index in [1.165, 1.54) is 12.1 Å². The van der Waals surface area contributed by atoms with E-state index in [-0.39, 0.29) is 10.6 Å². The molecule has 0 N–H and O–H groups in total. The van der Waals surface area contributed by atoms with Crippen LogP contribution in [0, 0.1) is 5.82 Å². The van der Waals surface area contributed by atoms with Gasteiger partial charge in [-0.2, -0.15) is 0 Å². The number of halogens is 2. The maximum Gasteiger partial charge on any atom is 0.199 e. The largest absolute Gasteiger partial charge is 0.493 e. The molecule has 0 aliphatic heterocycles. The predicted molar refractivity (Wildman–Crippen MR) is 77.1 cm³/mol. The average molecular weight is 293 g/mol. The van der Waals surface area contributed by atoms with Crippen LogP contribution in [0.3, 0.4) is 0 Å². The summed E-state index contributed by atoms with van der Waals surface area (Å²) in [5, 5.41) is -0.0668. The Labute approximate surface area is 122 Å². The van der Waals surface area contributed by atoms with E-state index in [4.69, 9.17) is 16.3 Å². The van der Waals surface area contributed by atoms with Gasteiger partial charge < -0.3 is 4.74 Å². The Hall–Kier alpha value is -1.87. The molecule has 2 aromatic rings. The minimum absolute atomic E-state index is 0.0509. The van der Waals surface area contributed by atoms with Crippen LogP contribution in [-0.4, -0.2) is 12.4 Å². The Kier molecular flexibility index (Phi) is 4.74. The number of ether oxygens (including phenoxy) is 1. The van der Waals surface area contributed by atoms with Crippen molar-refractivity contribution in [2.45, 2.75) is 13.3 Å². The van der Waals surface area contributed by atoms with Crippen molar-refractivity contribution in [3.63, 3.8) is 0 Å². The second kappa shape index (κ2) is 6.53. The molecule has 0 heterocycles. The number of carbonyl (C=O) groups is 1. The molecule has 0 unspecified atom stereocenters. The smallest absolute Gasteiger partial charge is 0.199 e. The van der Waals surface area contributed by atoms with E-state index in [9.17, 15) is 9.18 Å². The zero-order valence-corrected chi connectivity index (χ0v) is 11.8. The molecule has 0 amide bonds. The molecule has 0 saturated heterocycles. The molecular formula is C16H14ClFO2. The molecule has 0 saturated carbocycles. The first-order chi connectivity index (χ1) is 9.65. The van der Waals surface area contributed by atoms with Crippen molar-refractivity contribution < 1.29 is 13.9 Å². The Bertz CT molecular complexity index is 626. The number of carbonyl (C=O) groups excluding carboxylic acids is 1. The molecule has 2 aromatic carbocycles. The second-order valence-corrected chi connectivity index (χ2v) is 4.68. The van der Waals surface area contributed by atoms with Crippen LogP contribution in [0.25, 0.3) is 0 Å². The van der Waals surface area contributed by atoms with Gasteiger partial charge in [-0.1, -0.05) is 36.7 Å². The average Bonchev–Trinajstić information content (AvgIpc) is 2.47. The van der Waals surface area contributed by atoms with Crippen molar-refractivity contribution in [3.05, 3.63) is 64.4 Å². The number of ketones is 1. The predicted octanol–water partition coefficient (Wildman–Crippen LogP) is 4.50. The van der Waals surface area contributed by atoms with Crippen molar-refractivity contribution in [3.8, 4) is 5.75 Å². The highest BCUT2D eigenvalue weighted by Gasteiger charge is 2.19. The quantitative estimate of drug-likeness (QED) is 0.759. The lowest BCUT2D eigenvalue weighted by molar-refractivity contribution is 0.103. The molecule has 0 aliphatic rings. The first kappa shape index (κ1) is 14.5. The standard InChI is InChI=1S/C16H14ClFO2/c1-2-10-20-14-9-4-3-6-11(14)16(19)12-7-5-8-13(17)15(12)18/h3-9H,2,10H2,1H3. The fraction of sp³-hybridized carbons (Fsp3) is 0.188. The first-order valence-corrected chi connectivity index (χ1v) is 6.73. The van der Waals surface area contributed by atoms with Gasteiger partial charge in [0.2, 0.25) is 0 Å². The minimum Gasteiger partial charge on any atom is -0.493 e. The van der Waals surface area contributed by atoms with Crippen LogP contribution >= 0.6 is 11.6 Å². The lowest BCUT2D eigenvalue weighted by Gasteiger charge is -2.10. The number of hydrogen-bond donors (Lipinski definition) is 0. The van der Waals surface area contributed by atoms with Crippen LogP contribution in [0.5, 0.6) is 5.75 Å². The van der Waals surface area contributed by atoms with E-state index >= 15 is 0 Å². The number of para-hydroxylation sites is 1. The maximum absolute atomic E-state index is 13.9. The summed E-state index contributed by atoms with van der Waals surface area (Å²) < 4.78 is 19.5. The van der Waals surface area contributed by atoms with Crippen molar-refractivity contribution in [1.82, 2.24) is 0 Å². The Balaban J connectivity index is 2.40. The van der Waals surface area contributed by atoms with Gasteiger partial charge in [-0.3, -0.25) is 4.79 Å².